The molecule has 4 nitrogen and oxygen atoms in total. The van der Waals surface area contributed by atoms with Crippen molar-refractivity contribution in [1.29, 1.82) is 0 Å². The maximum Gasteiger partial charge on any atom is 0.225 e. The number of likely N-dealkylation sites (tertiary alicyclic amines) is 1. The smallest absolute Gasteiger partial charge is 0.225 e. The highest BCUT2D eigenvalue weighted by Crippen LogP contribution is 2.32. The maximum atomic E-state index is 12.9. The van der Waals surface area contributed by atoms with Crippen LogP contribution in [-0.4, -0.2) is 29.3 Å². The largest absolute Gasteiger partial charge is 0.352 e. The monoisotopic (exact) mass is 356 g/mol. The van der Waals surface area contributed by atoms with Crippen LogP contribution in [0.3, 0.4) is 0 Å². The molecule has 1 saturated heterocycles. The number of piperidine rings is 1. The van der Waals surface area contributed by atoms with Gasteiger partial charge in [0.2, 0.25) is 11.8 Å². The van der Waals surface area contributed by atoms with Crippen molar-refractivity contribution < 1.29 is 9.59 Å². The van der Waals surface area contributed by atoms with Gasteiger partial charge in [0.1, 0.15) is 0 Å². The van der Waals surface area contributed by atoms with Crippen LogP contribution in [0.4, 0.5) is 0 Å². The van der Waals surface area contributed by atoms with Crippen LogP contribution in [0.25, 0.3) is 0 Å². The van der Waals surface area contributed by atoms with E-state index in [2.05, 4.69) is 17.1 Å². The molecule has 1 aromatic rings. The first-order valence-electron chi connectivity index (χ1n) is 10.3. The Morgan fingerprint density at radius 2 is 1.69 bits per heavy atom. The number of hydrogen-bond acceptors (Lipinski definition) is 2. The molecule has 2 fully saturated rings. The molecule has 1 aromatic carbocycles. The number of nitrogens with zero attached hydrogens (tertiary/aromatic N) is 1. The number of hydrogen-bond donors (Lipinski definition) is 1. The number of carbonyl (C=O) groups is 2. The lowest BCUT2D eigenvalue weighted by molar-refractivity contribution is -0.142. The van der Waals surface area contributed by atoms with Crippen LogP contribution in [0, 0.1) is 11.8 Å². The van der Waals surface area contributed by atoms with E-state index in [1.807, 2.05) is 30.3 Å². The Morgan fingerprint density at radius 1 is 1.00 bits per heavy atom. The quantitative estimate of drug-likeness (QED) is 0.870. The maximum absolute atomic E-state index is 12.9. The SMILES string of the molecule is CCC1CCCCN1C(=O)C1CCC(C(=O)NCc2ccccc2)CC1. The van der Waals surface area contributed by atoms with E-state index in [9.17, 15) is 9.59 Å². The summed E-state index contributed by atoms with van der Waals surface area (Å²) in [6.07, 6.45) is 7.98. The Balaban J connectivity index is 1.46. The Labute approximate surface area is 157 Å². The summed E-state index contributed by atoms with van der Waals surface area (Å²) in [5.74, 6) is 0.676. The standard InChI is InChI=1S/C22H32N2O2/c1-2-20-10-6-7-15-24(20)22(26)19-13-11-18(12-14-19)21(25)23-16-17-8-4-3-5-9-17/h3-5,8-9,18-20H,2,6-7,10-16H2,1H3,(H,23,25). The zero-order chi connectivity index (χ0) is 18.4. The minimum atomic E-state index is 0.0612. The van der Waals surface area contributed by atoms with Crippen molar-refractivity contribution in [2.75, 3.05) is 6.54 Å². The van der Waals surface area contributed by atoms with Crippen LogP contribution in [0.15, 0.2) is 30.3 Å². The second-order valence-electron chi connectivity index (χ2n) is 7.84. The first-order chi connectivity index (χ1) is 12.7. The van der Waals surface area contributed by atoms with Gasteiger partial charge in [0, 0.05) is 31.0 Å². The molecule has 2 aliphatic rings. The topological polar surface area (TPSA) is 49.4 Å². The Kier molecular flexibility index (Phi) is 6.70. The highest BCUT2D eigenvalue weighted by Gasteiger charge is 2.34. The molecule has 1 N–H and O–H groups in total. The molecule has 1 aliphatic carbocycles. The van der Waals surface area contributed by atoms with Gasteiger partial charge >= 0.3 is 0 Å². The minimum absolute atomic E-state index is 0.0612. The molecule has 1 heterocycles. The highest BCUT2D eigenvalue weighted by molar-refractivity contribution is 5.81. The average Bonchev–Trinajstić information content (AvgIpc) is 2.72. The van der Waals surface area contributed by atoms with Crippen LogP contribution < -0.4 is 5.32 Å². The predicted molar refractivity (Wildman–Crippen MR) is 103 cm³/mol. The molecule has 0 radical (unpaired) electrons. The summed E-state index contributed by atoms with van der Waals surface area (Å²) in [6, 6.07) is 10.4. The lowest BCUT2D eigenvalue weighted by Gasteiger charge is -2.39. The van der Waals surface area contributed by atoms with Crippen molar-refractivity contribution in [3.8, 4) is 0 Å². The van der Waals surface area contributed by atoms with Crippen molar-refractivity contribution in [2.24, 2.45) is 11.8 Å². The van der Waals surface area contributed by atoms with Gasteiger partial charge in [0.05, 0.1) is 0 Å². The van der Waals surface area contributed by atoms with Crippen molar-refractivity contribution >= 4 is 11.8 Å². The Hall–Kier alpha value is -1.84. The van der Waals surface area contributed by atoms with Crippen LogP contribution >= 0.6 is 0 Å². The molecular formula is C22H32N2O2. The lowest BCUT2D eigenvalue weighted by Crippen LogP contribution is -2.47. The van der Waals surface area contributed by atoms with E-state index in [0.717, 1.165) is 57.1 Å². The van der Waals surface area contributed by atoms with Gasteiger partial charge in [-0.05, 0) is 56.9 Å². The van der Waals surface area contributed by atoms with Gasteiger partial charge in [-0.25, -0.2) is 0 Å². The fraction of sp³-hybridized carbons (Fsp3) is 0.636. The van der Waals surface area contributed by atoms with Crippen LogP contribution in [0.1, 0.15) is 63.9 Å². The summed E-state index contributed by atoms with van der Waals surface area (Å²) in [5, 5.41) is 3.06. The predicted octanol–water partition coefficient (Wildman–Crippen LogP) is 3.90. The zero-order valence-corrected chi connectivity index (χ0v) is 16.0. The zero-order valence-electron chi connectivity index (χ0n) is 16.0. The molecule has 4 heteroatoms. The molecule has 1 unspecified atom stereocenters. The average molecular weight is 357 g/mol. The van der Waals surface area contributed by atoms with E-state index in [-0.39, 0.29) is 17.7 Å². The van der Waals surface area contributed by atoms with Crippen LogP contribution in [0.5, 0.6) is 0 Å². The van der Waals surface area contributed by atoms with Crippen molar-refractivity contribution in [3.63, 3.8) is 0 Å². The van der Waals surface area contributed by atoms with Gasteiger partial charge in [-0.1, -0.05) is 37.3 Å². The second-order valence-corrected chi connectivity index (χ2v) is 7.84. The first kappa shape index (κ1) is 18.9. The molecule has 0 spiro atoms. The molecule has 0 bridgehead atoms. The Bertz CT molecular complexity index is 593. The highest BCUT2D eigenvalue weighted by atomic mass is 16.2. The van der Waals surface area contributed by atoms with Gasteiger partial charge < -0.3 is 10.2 Å². The molecule has 2 amide bonds. The number of nitrogens with one attached hydrogen (secondary N) is 1. The molecular weight excluding hydrogens is 324 g/mol. The van der Waals surface area contributed by atoms with E-state index in [1.165, 1.54) is 6.42 Å². The fourth-order valence-electron chi connectivity index (χ4n) is 4.48. The van der Waals surface area contributed by atoms with Crippen molar-refractivity contribution in [2.45, 2.75) is 70.9 Å². The summed E-state index contributed by atoms with van der Waals surface area (Å²) in [6.45, 7) is 3.70. The third-order valence-corrected chi connectivity index (χ3v) is 6.14. The number of carbonyl (C=O) groups excluding carboxylic acids is 2. The minimum Gasteiger partial charge on any atom is -0.352 e. The van der Waals surface area contributed by atoms with E-state index in [0.29, 0.717) is 18.5 Å². The Morgan fingerprint density at radius 3 is 2.38 bits per heavy atom. The molecule has 1 saturated carbocycles. The third-order valence-electron chi connectivity index (χ3n) is 6.14. The summed E-state index contributed by atoms with van der Waals surface area (Å²) in [7, 11) is 0. The van der Waals surface area contributed by atoms with Crippen LogP contribution in [-0.2, 0) is 16.1 Å². The molecule has 1 atom stereocenters. The van der Waals surface area contributed by atoms with E-state index in [4.69, 9.17) is 0 Å². The first-order valence-corrected chi connectivity index (χ1v) is 10.3. The number of amides is 2. The second kappa shape index (κ2) is 9.20. The summed E-state index contributed by atoms with van der Waals surface area (Å²) in [5.41, 5.74) is 1.13. The number of rotatable bonds is 5. The molecule has 142 valence electrons. The van der Waals surface area contributed by atoms with E-state index >= 15 is 0 Å². The van der Waals surface area contributed by atoms with Crippen molar-refractivity contribution in [1.82, 2.24) is 10.2 Å². The fourth-order valence-corrected chi connectivity index (χ4v) is 4.48. The molecule has 26 heavy (non-hydrogen) atoms. The normalized spacial score (nSPS) is 26.3. The summed E-state index contributed by atoms with van der Waals surface area (Å²) >= 11 is 0. The number of benzene rings is 1. The van der Waals surface area contributed by atoms with E-state index < -0.39 is 0 Å². The van der Waals surface area contributed by atoms with E-state index in [1.54, 1.807) is 0 Å². The summed E-state index contributed by atoms with van der Waals surface area (Å²) < 4.78 is 0. The molecule has 1 aliphatic heterocycles. The van der Waals surface area contributed by atoms with Gasteiger partial charge in [0.25, 0.3) is 0 Å². The van der Waals surface area contributed by atoms with Gasteiger partial charge in [-0.3, -0.25) is 9.59 Å². The molecule has 0 aromatic heterocycles. The van der Waals surface area contributed by atoms with Crippen molar-refractivity contribution in [3.05, 3.63) is 35.9 Å². The summed E-state index contributed by atoms with van der Waals surface area (Å²) in [4.78, 5) is 27.5. The van der Waals surface area contributed by atoms with Gasteiger partial charge in [0.15, 0.2) is 0 Å². The van der Waals surface area contributed by atoms with Crippen LogP contribution in [0.2, 0.25) is 0 Å². The third kappa shape index (κ3) is 4.66. The van der Waals surface area contributed by atoms with Gasteiger partial charge in [-0.2, -0.15) is 0 Å². The lowest BCUT2D eigenvalue weighted by atomic mass is 9.80. The molecule has 3 rings (SSSR count). The van der Waals surface area contributed by atoms with Gasteiger partial charge in [-0.15, -0.1) is 0 Å².